The minimum absolute atomic E-state index is 0.360. The Kier molecular flexibility index (Phi) is 3.71. The summed E-state index contributed by atoms with van der Waals surface area (Å²) in [5, 5.41) is 8.84. The van der Waals surface area contributed by atoms with Crippen LogP contribution >= 0.6 is 0 Å². The Hall–Kier alpha value is -1.35. The maximum atomic E-state index is 10.8. The van der Waals surface area contributed by atoms with E-state index in [9.17, 15) is 4.79 Å². The maximum absolute atomic E-state index is 10.8. The van der Waals surface area contributed by atoms with Crippen LogP contribution in [0.25, 0.3) is 0 Å². The Balaban J connectivity index is 1.92. The summed E-state index contributed by atoms with van der Waals surface area (Å²) >= 11 is 0. The number of hydrogen-bond donors (Lipinski definition) is 1. The molecule has 1 aromatic rings. The van der Waals surface area contributed by atoms with Gasteiger partial charge in [0.2, 0.25) is 0 Å². The third-order valence-electron chi connectivity index (χ3n) is 3.82. The van der Waals surface area contributed by atoms with Gasteiger partial charge in [-0.2, -0.15) is 0 Å². The number of carboxylic acids is 1. The summed E-state index contributed by atoms with van der Waals surface area (Å²) in [6.45, 7) is 7.84. The quantitative estimate of drug-likeness (QED) is 0.892. The number of piperidine rings is 1. The van der Waals surface area contributed by atoms with Crippen LogP contribution in [0.2, 0.25) is 0 Å². The Bertz CT molecular complexity index is 413. The first-order chi connectivity index (χ1) is 8.46. The smallest absolute Gasteiger partial charge is 0.335 e. The molecule has 1 N–H and O–H groups in total. The minimum atomic E-state index is -0.860. The molecule has 1 aliphatic heterocycles. The molecule has 1 aliphatic rings. The highest BCUT2D eigenvalue weighted by Gasteiger charge is 2.25. The summed E-state index contributed by atoms with van der Waals surface area (Å²) in [4.78, 5) is 13.2. The van der Waals surface area contributed by atoms with E-state index in [4.69, 9.17) is 5.11 Å². The molecule has 0 aromatic heterocycles. The van der Waals surface area contributed by atoms with Crippen molar-refractivity contribution in [2.75, 3.05) is 13.1 Å². The number of carbonyl (C=O) groups is 1. The third-order valence-corrected chi connectivity index (χ3v) is 3.82. The summed E-state index contributed by atoms with van der Waals surface area (Å²) in [5.74, 6) is -0.860. The molecule has 1 aromatic carbocycles. The standard InChI is InChI=1S/C15H21NO2/c1-15(2)7-9-16(10-8-15)11-12-3-5-13(6-4-12)14(17)18/h3-6H,7-11H2,1-2H3,(H,17,18). The van der Waals surface area contributed by atoms with Gasteiger partial charge in [-0.25, -0.2) is 4.79 Å². The van der Waals surface area contributed by atoms with Gasteiger partial charge in [-0.1, -0.05) is 26.0 Å². The molecule has 3 heteroatoms. The number of aromatic carboxylic acids is 1. The predicted molar refractivity (Wildman–Crippen MR) is 71.7 cm³/mol. The molecular formula is C15H21NO2. The topological polar surface area (TPSA) is 40.5 Å². The Morgan fingerprint density at radius 3 is 2.28 bits per heavy atom. The lowest BCUT2D eigenvalue weighted by molar-refractivity contribution is 0.0697. The zero-order valence-corrected chi connectivity index (χ0v) is 11.1. The first-order valence-corrected chi connectivity index (χ1v) is 6.51. The SMILES string of the molecule is CC1(C)CCN(Cc2ccc(C(=O)O)cc2)CC1. The average molecular weight is 247 g/mol. The molecule has 0 aliphatic carbocycles. The fourth-order valence-electron chi connectivity index (χ4n) is 2.33. The van der Waals surface area contributed by atoms with Crippen LogP contribution in [0.4, 0.5) is 0 Å². The molecule has 0 atom stereocenters. The van der Waals surface area contributed by atoms with Crippen molar-refractivity contribution in [3.63, 3.8) is 0 Å². The first kappa shape index (κ1) is 13.1. The minimum Gasteiger partial charge on any atom is -0.478 e. The fourth-order valence-corrected chi connectivity index (χ4v) is 2.33. The lowest BCUT2D eigenvalue weighted by Gasteiger charge is -2.36. The van der Waals surface area contributed by atoms with E-state index in [1.807, 2.05) is 12.1 Å². The van der Waals surface area contributed by atoms with Gasteiger partial charge < -0.3 is 5.11 Å². The van der Waals surface area contributed by atoms with Gasteiger partial charge in [-0.05, 0) is 49.0 Å². The molecule has 0 radical (unpaired) electrons. The van der Waals surface area contributed by atoms with Gasteiger partial charge in [0.15, 0.2) is 0 Å². The van der Waals surface area contributed by atoms with E-state index in [0.717, 1.165) is 19.6 Å². The van der Waals surface area contributed by atoms with E-state index in [2.05, 4.69) is 18.7 Å². The molecule has 2 rings (SSSR count). The van der Waals surface area contributed by atoms with Gasteiger partial charge in [0.05, 0.1) is 5.56 Å². The number of rotatable bonds is 3. The van der Waals surface area contributed by atoms with Crippen molar-refractivity contribution in [1.82, 2.24) is 4.90 Å². The highest BCUT2D eigenvalue weighted by Crippen LogP contribution is 2.30. The number of hydrogen-bond acceptors (Lipinski definition) is 2. The average Bonchev–Trinajstić information content (AvgIpc) is 2.33. The molecule has 1 heterocycles. The number of likely N-dealkylation sites (tertiary alicyclic amines) is 1. The van der Waals surface area contributed by atoms with E-state index in [1.54, 1.807) is 12.1 Å². The Morgan fingerprint density at radius 1 is 1.22 bits per heavy atom. The van der Waals surface area contributed by atoms with Crippen molar-refractivity contribution >= 4 is 5.97 Å². The van der Waals surface area contributed by atoms with Crippen molar-refractivity contribution in [3.05, 3.63) is 35.4 Å². The zero-order valence-electron chi connectivity index (χ0n) is 11.1. The van der Waals surface area contributed by atoms with Gasteiger partial charge >= 0.3 is 5.97 Å². The molecule has 0 saturated carbocycles. The van der Waals surface area contributed by atoms with Crippen LogP contribution in [0.1, 0.15) is 42.6 Å². The maximum Gasteiger partial charge on any atom is 0.335 e. The summed E-state index contributed by atoms with van der Waals surface area (Å²) in [6, 6.07) is 7.21. The van der Waals surface area contributed by atoms with E-state index in [-0.39, 0.29) is 0 Å². The normalized spacial score (nSPS) is 19.7. The van der Waals surface area contributed by atoms with Crippen molar-refractivity contribution in [2.24, 2.45) is 5.41 Å². The molecule has 0 unspecified atom stereocenters. The molecule has 0 amide bonds. The highest BCUT2D eigenvalue weighted by molar-refractivity contribution is 5.87. The largest absolute Gasteiger partial charge is 0.478 e. The van der Waals surface area contributed by atoms with Gasteiger partial charge in [-0.3, -0.25) is 4.90 Å². The van der Waals surface area contributed by atoms with Crippen LogP contribution in [0, 0.1) is 5.41 Å². The van der Waals surface area contributed by atoms with Crippen LogP contribution in [-0.2, 0) is 6.54 Å². The van der Waals surface area contributed by atoms with Crippen molar-refractivity contribution in [3.8, 4) is 0 Å². The van der Waals surface area contributed by atoms with E-state index < -0.39 is 5.97 Å². The third kappa shape index (κ3) is 3.33. The second kappa shape index (κ2) is 5.11. The molecule has 1 saturated heterocycles. The van der Waals surface area contributed by atoms with E-state index in [0.29, 0.717) is 11.0 Å². The summed E-state index contributed by atoms with van der Waals surface area (Å²) in [5.41, 5.74) is 2.03. The van der Waals surface area contributed by atoms with Crippen molar-refractivity contribution < 1.29 is 9.90 Å². The van der Waals surface area contributed by atoms with E-state index >= 15 is 0 Å². The lowest BCUT2D eigenvalue weighted by atomic mass is 9.82. The summed E-state index contributed by atoms with van der Waals surface area (Å²) in [7, 11) is 0. The van der Waals surface area contributed by atoms with Crippen molar-refractivity contribution in [1.29, 1.82) is 0 Å². The van der Waals surface area contributed by atoms with Crippen LogP contribution < -0.4 is 0 Å². The predicted octanol–water partition coefficient (Wildman–Crippen LogP) is 3.01. The number of carboxylic acid groups (broad SMARTS) is 1. The molecule has 0 spiro atoms. The second-order valence-corrected chi connectivity index (χ2v) is 5.94. The van der Waals surface area contributed by atoms with Crippen LogP contribution in [0.15, 0.2) is 24.3 Å². The Labute approximate surface area is 108 Å². The van der Waals surface area contributed by atoms with Gasteiger partial charge in [0.25, 0.3) is 0 Å². The number of benzene rings is 1. The van der Waals surface area contributed by atoms with Gasteiger partial charge in [0, 0.05) is 6.54 Å². The number of nitrogens with zero attached hydrogens (tertiary/aromatic N) is 1. The van der Waals surface area contributed by atoms with Crippen LogP contribution in [0.3, 0.4) is 0 Å². The second-order valence-electron chi connectivity index (χ2n) is 5.94. The monoisotopic (exact) mass is 247 g/mol. The first-order valence-electron chi connectivity index (χ1n) is 6.51. The molecule has 0 bridgehead atoms. The summed E-state index contributed by atoms with van der Waals surface area (Å²) < 4.78 is 0. The molecule has 3 nitrogen and oxygen atoms in total. The molecule has 18 heavy (non-hydrogen) atoms. The van der Waals surface area contributed by atoms with Crippen LogP contribution in [-0.4, -0.2) is 29.1 Å². The Morgan fingerprint density at radius 2 is 1.78 bits per heavy atom. The van der Waals surface area contributed by atoms with Crippen LogP contribution in [0.5, 0.6) is 0 Å². The van der Waals surface area contributed by atoms with Crippen molar-refractivity contribution in [2.45, 2.75) is 33.2 Å². The molecular weight excluding hydrogens is 226 g/mol. The van der Waals surface area contributed by atoms with Gasteiger partial charge in [-0.15, -0.1) is 0 Å². The van der Waals surface area contributed by atoms with Gasteiger partial charge in [0.1, 0.15) is 0 Å². The molecule has 98 valence electrons. The zero-order chi connectivity index (χ0) is 13.2. The highest BCUT2D eigenvalue weighted by atomic mass is 16.4. The summed E-state index contributed by atoms with van der Waals surface area (Å²) in [6.07, 6.45) is 2.47. The lowest BCUT2D eigenvalue weighted by Crippen LogP contribution is -2.36. The molecule has 1 fully saturated rings. The fraction of sp³-hybridized carbons (Fsp3) is 0.533. The van der Waals surface area contributed by atoms with E-state index in [1.165, 1.54) is 18.4 Å².